The van der Waals surface area contributed by atoms with E-state index in [4.69, 9.17) is 10.7 Å². The summed E-state index contributed by atoms with van der Waals surface area (Å²) in [6, 6.07) is 6.55. The first-order valence-electron chi connectivity index (χ1n) is 8.52. The lowest BCUT2D eigenvalue weighted by atomic mass is 10.0. The molecule has 2 atom stereocenters. The minimum atomic E-state index is 0.598. The fraction of sp³-hybridized carbons (Fsp3) is 0.611. The minimum absolute atomic E-state index is 0.598. The number of aromatic nitrogens is 2. The third kappa shape index (κ3) is 2.10. The number of aryl methyl sites for hydroxylation is 1. The number of nitrogens with zero attached hydrogens (tertiary/aromatic N) is 2. The van der Waals surface area contributed by atoms with Crippen LogP contribution in [0.2, 0.25) is 0 Å². The summed E-state index contributed by atoms with van der Waals surface area (Å²) in [6.07, 6.45) is 6.84. The number of nitrogens with two attached hydrogens (primary N) is 1. The van der Waals surface area contributed by atoms with Crippen molar-refractivity contribution in [1.82, 2.24) is 9.55 Å². The molecule has 0 radical (unpaired) electrons. The van der Waals surface area contributed by atoms with Crippen molar-refractivity contribution in [1.29, 1.82) is 0 Å². The van der Waals surface area contributed by atoms with Gasteiger partial charge in [0, 0.05) is 19.0 Å². The third-order valence-corrected chi connectivity index (χ3v) is 5.48. The molecule has 3 heteroatoms. The van der Waals surface area contributed by atoms with Crippen LogP contribution in [0.25, 0.3) is 11.0 Å². The van der Waals surface area contributed by atoms with Crippen LogP contribution >= 0.6 is 0 Å². The highest BCUT2D eigenvalue weighted by Crippen LogP contribution is 2.61. The minimum Gasteiger partial charge on any atom is -0.328 e. The molecule has 1 aromatic heterocycles. The summed E-state index contributed by atoms with van der Waals surface area (Å²) < 4.78 is 2.48. The lowest BCUT2D eigenvalue weighted by molar-refractivity contribution is 0.480. The van der Waals surface area contributed by atoms with Crippen LogP contribution in [-0.4, -0.2) is 9.55 Å². The summed E-state index contributed by atoms with van der Waals surface area (Å²) in [5.41, 5.74) is 9.40. The average molecular weight is 283 g/mol. The maximum atomic E-state index is 5.78. The summed E-state index contributed by atoms with van der Waals surface area (Å²) in [5.74, 6) is 3.92. The van der Waals surface area contributed by atoms with Gasteiger partial charge in [-0.2, -0.15) is 0 Å². The first-order valence-corrected chi connectivity index (χ1v) is 8.52. The highest BCUT2D eigenvalue weighted by Gasteiger charge is 2.53. The molecular weight excluding hydrogens is 258 g/mol. The molecule has 3 nitrogen and oxygen atoms in total. The van der Waals surface area contributed by atoms with Gasteiger partial charge in [-0.1, -0.05) is 25.8 Å². The zero-order valence-corrected chi connectivity index (χ0v) is 12.9. The van der Waals surface area contributed by atoms with Crippen molar-refractivity contribution in [2.45, 2.75) is 58.0 Å². The number of hydrogen-bond acceptors (Lipinski definition) is 2. The molecule has 2 fully saturated rings. The summed E-state index contributed by atoms with van der Waals surface area (Å²) in [5, 5.41) is 0. The Labute approximate surface area is 126 Å². The van der Waals surface area contributed by atoms with E-state index in [9.17, 15) is 0 Å². The number of fused-ring (bicyclic) bond motifs is 2. The van der Waals surface area contributed by atoms with Crippen molar-refractivity contribution in [2.24, 2.45) is 17.6 Å². The van der Waals surface area contributed by atoms with Crippen LogP contribution in [0.4, 0.5) is 0 Å². The molecule has 0 amide bonds. The molecule has 2 aliphatic rings. The lowest BCUT2D eigenvalue weighted by Crippen LogP contribution is -2.03. The van der Waals surface area contributed by atoms with Gasteiger partial charge in [0.25, 0.3) is 0 Å². The molecule has 2 N–H and O–H groups in total. The van der Waals surface area contributed by atoms with E-state index in [-0.39, 0.29) is 0 Å². The van der Waals surface area contributed by atoms with Gasteiger partial charge in [-0.05, 0) is 48.8 Å². The van der Waals surface area contributed by atoms with Crippen LogP contribution in [-0.2, 0) is 13.1 Å². The molecule has 0 bridgehead atoms. The Morgan fingerprint density at radius 3 is 2.67 bits per heavy atom. The standard InChI is InChI=1S/C18H25N3/c1-2-9-21-16-8-7-12(11-19)10-15(16)20-18(21)17-13-5-3-4-6-14(13)17/h7-8,10,13-14,17H,2-6,9,11,19H2,1H3. The third-order valence-electron chi connectivity index (χ3n) is 5.48. The van der Waals surface area contributed by atoms with E-state index in [0.717, 1.165) is 29.8 Å². The van der Waals surface area contributed by atoms with Crippen LogP contribution in [0.1, 0.15) is 56.3 Å². The van der Waals surface area contributed by atoms with Gasteiger partial charge in [0.2, 0.25) is 0 Å². The first kappa shape index (κ1) is 13.3. The fourth-order valence-electron chi connectivity index (χ4n) is 4.41. The van der Waals surface area contributed by atoms with Crippen molar-refractivity contribution < 1.29 is 0 Å². The van der Waals surface area contributed by atoms with Crippen LogP contribution in [0.15, 0.2) is 18.2 Å². The van der Waals surface area contributed by atoms with Crippen LogP contribution < -0.4 is 5.73 Å². The van der Waals surface area contributed by atoms with Gasteiger partial charge in [0.1, 0.15) is 5.82 Å². The first-order chi connectivity index (χ1) is 10.3. The maximum Gasteiger partial charge on any atom is 0.113 e. The van der Waals surface area contributed by atoms with E-state index in [1.165, 1.54) is 49.0 Å². The van der Waals surface area contributed by atoms with Crippen LogP contribution in [0.3, 0.4) is 0 Å². The second-order valence-electron chi connectivity index (χ2n) is 6.79. The molecule has 1 heterocycles. The molecule has 2 unspecified atom stereocenters. The largest absolute Gasteiger partial charge is 0.328 e. The van der Waals surface area contributed by atoms with Crippen LogP contribution in [0, 0.1) is 11.8 Å². The van der Waals surface area contributed by atoms with Crippen molar-refractivity contribution in [3.63, 3.8) is 0 Å². The predicted octanol–water partition coefficient (Wildman–Crippen LogP) is 3.81. The van der Waals surface area contributed by atoms with Crippen molar-refractivity contribution in [3.05, 3.63) is 29.6 Å². The molecule has 112 valence electrons. The fourth-order valence-corrected chi connectivity index (χ4v) is 4.41. The average Bonchev–Trinajstić information content (AvgIpc) is 3.15. The van der Waals surface area contributed by atoms with Gasteiger partial charge in [-0.15, -0.1) is 0 Å². The quantitative estimate of drug-likeness (QED) is 0.927. The highest BCUT2D eigenvalue weighted by molar-refractivity contribution is 5.77. The molecule has 2 saturated carbocycles. The molecule has 0 spiro atoms. The Hall–Kier alpha value is -1.35. The second kappa shape index (κ2) is 5.13. The Morgan fingerprint density at radius 1 is 1.24 bits per heavy atom. The van der Waals surface area contributed by atoms with E-state index in [1.54, 1.807) is 0 Å². The van der Waals surface area contributed by atoms with E-state index in [2.05, 4.69) is 29.7 Å². The predicted molar refractivity (Wildman–Crippen MR) is 86.1 cm³/mol. The SMILES string of the molecule is CCCn1c(C2C3CCCCC32)nc2cc(CN)ccc21. The zero-order chi connectivity index (χ0) is 14.4. The Bertz CT molecular complexity index is 646. The Balaban J connectivity index is 1.78. The lowest BCUT2D eigenvalue weighted by Gasteiger charge is -2.07. The summed E-state index contributed by atoms with van der Waals surface area (Å²) >= 11 is 0. The van der Waals surface area contributed by atoms with Crippen LogP contribution in [0.5, 0.6) is 0 Å². The number of benzene rings is 1. The molecule has 0 aliphatic heterocycles. The van der Waals surface area contributed by atoms with Gasteiger partial charge in [0.15, 0.2) is 0 Å². The monoisotopic (exact) mass is 283 g/mol. The Morgan fingerprint density at radius 2 is 2.00 bits per heavy atom. The summed E-state index contributed by atoms with van der Waals surface area (Å²) in [7, 11) is 0. The number of imidazole rings is 1. The van der Waals surface area contributed by atoms with Crippen molar-refractivity contribution in [3.8, 4) is 0 Å². The number of hydrogen-bond donors (Lipinski definition) is 1. The molecule has 2 aliphatic carbocycles. The van der Waals surface area contributed by atoms with E-state index < -0.39 is 0 Å². The van der Waals surface area contributed by atoms with Crippen molar-refractivity contribution in [2.75, 3.05) is 0 Å². The van der Waals surface area contributed by atoms with E-state index in [0.29, 0.717) is 6.54 Å². The topological polar surface area (TPSA) is 43.8 Å². The van der Waals surface area contributed by atoms with E-state index in [1.807, 2.05) is 0 Å². The summed E-state index contributed by atoms with van der Waals surface area (Å²) in [4.78, 5) is 5.03. The van der Waals surface area contributed by atoms with E-state index >= 15 is 0 Å². The molecule has 1 aromatic carbocycles. The summed E-state index contributed by atoms with van der Waals surface area (Å²) in [6.45, 7) is 3.94. The van der Waals surface area contributed by atoms with Gasteiger partial charge >= 0.3 is 0 Å². The highest BCUT2D eigenvalue weighted by atomic mass is 15.1. The maximum absolute atomic E-state index is 5.78. The van der Waals surface area contributed by atoms with Gasteiger partial charge in [-0.3, -0.25) is 0 Å². The molecule has 21 heavy (non-hydrogen) atoms. The zero-order valence-electron chi connectivity index (χ0n) is 12.9. The smallest absolute Gasteiger partial charge is 0.113 e. The molecule has 2 aromatic rings. The van der Waals surface area contributed by atoms with Gasteiger partial charge in [0.05, 0.1) is 11.0 Å². The molecule has 0 saturated heterocycles. The van der Waals surface area contributed by atoms with Crippen molar-refractivity contribution >= 4 is 11.0 Å². The molecule has 4 rings (SSSR count). The van der Waals surface area contributed by atoms with Gasteiger partial charge < -0.3 is 10.3 Å². The van der Waals surface area contributed by atoms with Gasteiger partial charge in [-0.25, -0.2) is 4.98 Å². The molecular formula is C18H25N3. The normalized spacial score (nSPS) is 27.8. The number of rotatable bonds is 4. The second-order valence-corrected chi connectivity index (χ2v) is 6.79. The Kier molecular flexibility index (Phi) is 3.26.